The number of nitrogens with zero attached hydrogens (tertiary/aromatic N) is 3. The molecule has 0 bridgehead atoms. The molecule has 2 aliphatic rings. The fourth-order valence-electron chi connectivity index (χ4n) is 7.28. The summed E-state index contributed by atoms with van der Waals surface area (Å²) >= 11 is 0.349. The van der Waals surface area contributed by atoms with E-state index in [1.165, 1.54) is 12.0 Å². The van der Waals surface area contributed by atoms with Gasteiger partial charge in [0.2, 0.25) is 5.60 Å². The van der Waals surface area contributed by atoms with Crippen molar-refractivity contribution < 1.29 is 60.0 Å². The zero-order valence-electron chi connectivity index (χ0n) is 29.0. The molecule has 0 aliphatic carbocycles. The van der Waals surface area contributed by atoms with E-state index in [0.29, 0.717) is 35.1 Å². The molecule has 3 aromatic rings. The smallest absolute Gasteiger partial charge is 0.425 e. The van der Waals surface area contributed by atoms with Gasteiger partial charge in [-0.2, -0.15) is 26.3 Å². The van der Waals surface area contributed by atoms with Crippen LogP contribution in [0.1, 0.15) is 71.8 Å². The number of ether oxygens (including phenoxy) is 3. The number of aromatic nitrogens is 1. The highest BCUT2D eigenvalue weighted by atomic mass is 32.1. The Bertz CT molecular complexity index is 1780. The lowest BCUT2D eigenvalue weighted by Crippen LogP contribution is -2.69. The number of carbonyl (C=O) groups excluding carboxylic acids is 2. The molecule has 53 heavy (non-hydrogen) atoms. The molecule has 10 nitrogen and oxygen atoms in total. The number of methoxy groups -OCH3 is 1. The molecule has 0 spiro atoms. The summed E-state index contributed by atoms with van der Waals surface area (Å²) in [5.41, 5.74) is -5.07. The Morgan fingerprint density at radius 2 is 1.72 bits per heavy atom. The van der Waals surface area contributed by atoms with Crippen molar-refractivity contribution in [2.45, 2.75) is 74.9 Å². The van der Waals surface area contributed by atoms with Crippen LogP contribution in [0.25, 0.3) is 0 Å². The quantitative estimate of drug-likeness (QED) is 0.154. The van der Waals surface area contributed by atoms with Crippen LogP contribution in [0.15, 0.2) is 54.2 Å². The average molecular weight is 772 g/mol. The molecular weight excluding hydrogens is 732 g/mol. The Kier molecular flexibility index (Phi) is 12.0. The first kappa shape index (κ1) is 39.8. The Morgan fingerprint density at radius 1 is 1.00 bits per heavy atom. The molecule has 0 radical (unpaired) electrons. The van der Waals surface area contributed by atoms with Crippen LogP contribution in [0, 0.1) is 0 Å². The first-order valence-corrected chi connectivity index (χ1v) is 17.9. The van der Waals surface area contributed by atoms with Crippen molar-refractivity contribution in [2.75, 3.05) is 40.0 Å². The number of hydrogen-bond donors (Lipinski definition) is 1. The number of likely N-dealkylation sites (tertiary alicyclic amines) is 2. The molecule has 2 saturated heterocycles. The fourth-order valence-corrected chi connectivity index (χ4v) is 7.96. The van der Waals surface area contributed by atoms with E-state index in [2.05, 4.69) is 4.98 Å². The summed E-state index contributed by atoms with van der Waals surface area (Å²) in [6, 6.07) is 6.87. The SMILES string of the molecule is CCCC1N(C(=O)c2cnccc2C(F)(F)F)CCCC1(Oc1csc(C(F)(F)F)c1)C(=O)N1CCC(C(=O)O)(c2ccccc2OCCOC)CC1. The third-order valence-corrected chi connectivity index (χ3v) is 10.8. The number of amides is 2. The number of piperidine rings is 2. The normalized spacial score (nSPS) is 20.6. The molecule has 2 fully saturated rings. The van der Waals surface area contributed by atoms with Crippen molar-refractivity contribution in [1.29, 1.82) is 0 Å². The number of halogens is 6. The van der Waals surface area contributed by atoms with Gasteiger partial charge >= 0.3 is 18.3 Å². The predicted molar refractivity (Wildman–Crippen MR) is 180 cm³/mol. The molecule has 17 heteroatoms. The molecule has 0 saturated carbocycles. The molecule has 2 atom stereocenters. The lowest BCUT2D eigenvalue weighted by molar-refractivity contribution is -0.163. The summed E-state index contributed by atoms with van der Waals surface area (Å²) in [5, 5.41) is 11.7. The number of alkyl halides is 6. The molecule has 288 valence electrons. The van der Waals surface area contributed by atoms with E-state index >= 15 is 0 Å². The number of thiophene rings is 1. The maximum atomic E-state index is 14.9. The van der Waals surface area contributed by atoms with Crippen LogP contribution in [0.5, 0.6) is 11.5 Å². The van der Waals surface area contributed by atoms with Gasteiger partial charge in [-0.15, -0.1) is 11.3 Å². The monoisotopic (exact) mass is 771 g/mol. The first-order chi connectivity index (χ1) is 25.1. The summed E-state index contributed by atoms with van der Waals surface area (Å²) in [6.07, 6.45) is -7.70. The van der Waals surface area contributed by atoms with E-state index in [4.69, 9.17) is 14.2 Å². The predicted octanol–water partition coefficient (Wildman–Crippen LogP) is 7.07. The van der Waals surface area contributed by atoms with Crippen molar-refractivity contribution in [1.82, 2.24) is 14.8 Å². The van der Waals surface area contributed by atoms with E-state index in [9.17, 15) is 45.8 Å². The number of para-hydroxylation sites is 1. The third kappa shape index (κ3) is 8.10. The molecule has 1 aromatic carbocycles. The number of carbonyl (C=O) groups is 3. The number of pyridine rings is 1. The van der Waals surface area contributed by atoms with Gasteiger partial charge in [-0.1, -0.05) is 31.5 Å². The highest BCUT2D eigenvalue weighted by Gasteiger charge is 2.57. The molecule has 4 heterocycles. The molecule has 2 amide bonds. The number of carboxylic acid groups (broad SMARTS) is 1. The maximum Gasteiger partial charge on any atom is 0.425 e. The van der Waals surface area contributed by atoms with E-state index in [0.717, 1.165) is 28.7 Å². The highest BCUT2D eigenvalue weighted by molar-refractivity contribution is 7.10. The Morgan fingerprint density at radius 3 is 2.34 bits per heavy atom. The number of carboxylic acids is 1. The summed E-state index contributed by atoms with van der Waals surface area (Å²) in [6.45, 7) is 1.85. The minimum absolute atomic E-state index is 0.0500. The second kappa shape index (κ2) is 15.9. The lowest BCUT2D eigenvalue weighted by atomic mass is 9.71. The summed E-state index contributed by atoms with van der Waals surface area (Å²) < 4.78 is 100. The topological polar surface area (TPSA) is 119 Å². The van der Waals surface area contributed by atoms with Gasteiger partial charge in [0.1, 0.15) is 23.0 Å². The van der Waals surface area contributed by atoms with Crippen molar-refractivity contribution in [3.05, 3.63) is 75.7 Å². The number of rotatable bonds is 12. The van der Waals surface area contributed by atoms with Gasteiger partial charge in [-0.3, -0.25) is 19.4 Å². The van der Waals surface area contributed by atoms with Crippen LogP contribution in [-0.2, 0) is 32.1 Å². The van der Waals surface area contributed by atoms with Crippen molar-refractivity contribution in [2.24, 2.45) is 0 Å². The van der Waals surface area contributed by atoms with Gasteiger partial charge in [-0.25, -0.2) is 0 Å². The second-order valence-electron chi connectivity index (χ2n) is 13.0. The fraction of sp³-hybridized carbons (Fsp3) is 0.500. The van der Waals surface area contributed by atoms with Gasteiger partial charge in [0.15, 0.2) is 0 Å². The van der Waals surface area contributed by atoms with E-state index in [1.54, 1.807) is 31.2 Å². The van der Waals surface area contributed by atoms with Crippen LogP contribution in [0.4, 0.5) is 26.3 Å². The summed E-state index contributed by atoms with van der Waals surface area (Å²) in [4.78, 5) is 47.2. The number of aliphatic carboxylic acids is 1. The molecule has 2 unspecified atom stereocenters. The minimum Gasteiger partial charge on any atom is -0.491 e. The Labute approximate surface area is 305 Å². The number of benzene rings is 1. The van der Waals surface area contributed by atoms with Crippen LogP contribution >= 0.6 is 11.3 Å². The van der Waals surface area contributed by atoms with Gasteiger partial charge in [0.25, 0.3) is 11.8 Å². The van der Waals surface area contributed by atoms with Gasteiger partial charge in [0.05, 0.1) is 29.2 Å². The summed E-state index contributed by atoms with van der Waals surface area (Å²) in [5.74, 6) is -2.87. The van der Waals surface area contributed by atoms with Crippen molar-refractivity contribution in [3.63, 3.8) is 0 Å². The molecule has 1 N–H and O–H groups in total. The van der Waals surface area contributed by atoms with Crippen LogP contribution in [0.3, 0.4) is 0 Å². The van der Waals surface area contributed by atoms with E-state index in [-0.39, 0.29) is 70.7 Å². The first-order valence-electron chi connectivity index (χ1n) is 17.0. The average Bonchev–Trinajstić information content (AvgIpc) is 3.61. The zero-order valence-corrected chi connectivity index (χ0v) is 29.8. The highest BCUT2D eigenvalue weighted by Crippen LogP contribution is 2.45. The van der Waals surface area contributed by atoms with Crippen molar-refractivity contribution >= 4 is 29.1 Å². The number of hydrogen-bond acceptors (Lipinski definition) is 8. The Hall–Kier alpha value is -4.38. The standard InChI is InChI=1S/C36H39F6N3O7S/c1-3-7-28-34(52-23-20-29(53-22-23)36(40,41)42,11-6-15-45(28)30(46)24-21-43-14-10-25(24)35(37,38)39)31(47)44-16-12-33(13-17-44,32(48)49)26-8-4-5-9-27(26)51-19-18-50-2/h4-5,8-10,14,20-22,28H,3,6-7,11-13,15-19H2,1-2H3,(H,48,49). The van der Waals surface area contributed by atoms with Gasteiger partial charge in [0, 0.05) is 62.6 Å². The molecule has 2 aromatic heterocycles. The minimum atomic E-state index is -4.91. The lowest BCUT2D eigenvalue weighted by Gasteiger charge is -2.51. The van der Waals surface area contributed by atoms with Crippen molar-refractivity contribution in [3.8, 4) is 11.5 Å². The molecule has 5 rings (SSSR count). The van der Waals surface area contributed by atoms with Crippen LogP contribution in [-0.4, -0.2) is 89.3 Å². The van der Waals surface area contributed by atoms with Gasteiger partial charge < -0.3 is 29.1 Å². The van der Waals surface area contributed by atoms with E-state index in [1.807, 2.05) is 0 Å². The van der Waals surface area contributed by atoms with Gasteiger partial charge in [-0.05, 0) is 37.8 Å². The molecular formula is C36H39F6N3O7S. The largest absolute Gasteiger partial charge is 0.491 e. The summed E-state index contributed by atoms with van der Waals surface area (Å²) in [7, 11) is 1.50. The molecule has 2 aliphatic heterocycles. The second-order valence-corrected chi connectivity index (χ2v) is 13.9. The third-order valence-electron chi connectivity index (χ3n) is 9.82. The van der Waals surface area contributed by atoms with Crippen LogP contribution in [0.2, 0.25) is 0 Å². The zero-order chi connectivity index (χ0) is 38.6. The van der Waals surface area contributed by atoms with E-state index < -0.39 is 63.2 Å². The maximum absolute atomic E-state index is 14.9. The Balaban J connectivity index is 1.54. The van der Waals surface area contributed by atoms with Crippen LogP contribution < -0.4 is 9.47 Å².